The van der Waals surface area contributed by atoms with Crippen molar-refractivity contribution in [1.29, 1.82) is 0 Å². The second-order valence-corrected chi connectivity index (χ2v) is 2.07. The molecule has 0 radical (unpaired) electrons. The van der Waals surface area contributed by atoms with Crippen molar-refractivity contribution in [2.24, 2.45) is 11.5 Å². The number of amides is 2. The van der Waals surface area contributed by atoms with Crippen LogP contribution in [0.2, 0.25) is 0 Å². The summed E-state index contributed by atoms with van der Waals surface area (Å²) < 4.78 is 0. The van der Waals surface area contributed by atoms with Gasteiger partial charge in [0.1, 0.15) is 0 Å². The molecule has 0 bridgehead atoms. The Labute approximate surface area is 52.8 Å². The van der Waals surface area contributed by atoms with Crippen LogP contribution in [0.15, 0.2) is 0 Å². The van der Waals surface area contributed by atoms with Crippen molar-refractivity contribution in [2.75, 3.05) is 0 Å². The number of nitrogens with two attached hydrogens (primary N) is 2. The third kappa shape index (κ3) is 1.55. The molecule has 52 valence electrons. The highest BCUT2D eigenvalue weighted by Gasteiger charge is 2.18. The third-order valence-corrected chi connectivity index (χ3v) is 1.14. The fourth-order valence-electron chi connectivity index (χ4n) is 0.770. The van der Waals surface area contributed by atoms with Gasteiger partial charge in [0.05, 0.1) is 12.3 Å². The van der Waals surface area contributed by atoms with Gasteiger partial charge in [-0.1, -0.05) is 0 Å². The molecule has 1 fully saturated rings. The van der Waals surface area contributed by atoms with E-state index in [0.29, 0.717) is 6.42 Å². The van der Waals surface area contributed by atoms with E-state index in [0.717, 1.165) is 0 Å². The molecule has 1 rings (SSSR count). The maximum absolute atomic E-state index is 10.5. The summed E-state index contributed by atoms with van der Waals surface area (Å²) in [5.74, 6) is 0. The molecule has 1 aliphatic heterocycles. The standard InChI is InChI=1S/C4H10N4O/c5-2-1-3(6)8-4(9)7-2/h2-3H,1,5-6H2,(H2,7,8,9). The molecule has 0 aromatic carbocycles. The molecule has 5 nitrogen and oxygen atoms in total. The van der Waals surface area contributed by atoms with E-state index in [1.54, 1.807) is 0 Å². The average Bonchev–Trinajstić information content (AvgIpc) is 1.59. The minimum Gasteiger partial charge on any atom is -0.323 e. The lowest BCUT2D eigenvalue weighted by Crippen LogP contribution is -2.60. The Hall–Kier alpha value is -0.810. The van der Waals surface area contributed by atoms with E-state index in [9.17, 15) is 4.79 Å². The highest BCUT2D eigenvalue weighted by atomic mass is 16.2. The molecule has 1 saturated heterocycles. The topological polar surface area (TPSA) is 93.2 Å². The van der Waals surface area contributed by atoms with Crippen molar-refractivity contribution in [3.8, 4) is 0 Å². The van der Waals surface area contributed by atoms with Crippen molar-refractivity contribution in [2.45, 2.75) is 18.8 Å². The molecular formula is C4H10N4O. The zero-order chi connectivity index (χ0) is 6.85. The maximum Gasteiger partial charge on any atom is 0.317 e. The molecule has 0 aliphatic carbocycles. The van der Waals surface area contributed by atoms with Gasteiger partial charge in [0.15, 0.2) is 0 Å². The molecule has 6 N–H and O–H groups in total. The van der Waals surface area contributed by atoms with Gasteiger partial charge < -0.3 is 22.1 Å². The number of carbonyl (C=O) groups excluding carboxylic acids is 1. The van der Waals surface area contributed by atoms with Crippen LogP contribution in [-0.4, -0.2) is 18.4 Å². The largest absolute Gasteiger partial charge is 0.323 e. The molecule has 0 aromatic heterocycles. The van der Waals surface area contributed by atoms with Crippen LogP contribution in [0.4, 0.5) is 4.79 Å². The third-order valence-electron chi connectivity index (χ3n) is 1.14. The summed E-state index contributed by atoms with van der Waals surface area (Å²) in [5.41, 5.74) is 10.7. The van der Waals surface area contributed by atoms with Gasteiger partial charge >= 0.3 is 6.03 Å². The van der Waals surface area contributed by atoms with E-state index in [4.69, 9.17) is 11.5 Å². The fourth-order valence-corrected chi connectivity index (χ4v) is 0.770. The average molecular weight is 130 g/mol. The maximum atomic E-state index is 10.5. The summed E-state index contributed by atoms with van der Waals surface area (Å²) in [6, 6.07) is -0.291. The number of nitrogens with one attached hydrogen (secondary N) is 2. The van der Waals surface area contributed by atoms with Crippen molar-refractivity contribution >= 4 is 6.03 Å². The fraction of sp³-hybridized carbons (Fsp3) is 0.750. The van der Waals surface area contributed by atoms with Crippen molar-refractivity contribution < 1.29 is 4.79 Å². The number of hydrogen-bond donors (Lipinski definition) is 4. The smallest absolute Gasteiger partial charge is 0.317 e. The van der Waals surface area contributed by atoms with E-state index < -0.39 is 0 Å². The molecule has 2 unspecified atom stereocenters. The van der Waals surface area contributed by atoms with Gasteiger partial charge in [0.2, 0.25) is 0 Å². The molecule has 2 atom stereocenters. The van der Waals surface area contributed by atoms with Crippen LogP contribution in [-0.2, 0) is 0 Å². The lowest BCUT2D eigenvalue weighted by atomic mass is 10.2. The minimum atomic E-state index is -0.297. The molecule has 0 saturated carbocycles. The van der Waals surface area contributed by atoms with Crippen LogP contribution in [0.1, 0.15) is 6.42 Å². The first-order valence-corrected chi connectivity index (χ1v) is 2.76. The first-order chi connectivity index (χ1) is 4.18. The molecule has 9 heavy (non-hydrogen) atoms. The lowest BCUT2D eigenvalue weighted by molar-refractivity contribution is 0.220. The minimum absolute atomic E-state index is 0.291. The monoisotopic (exact) mass is 130 g/mol. The van der Waals surface area contributed by atoms with Crippen molar-refractivity contribution in [3.05, 3.63) is 0 Å². The van der Waals surface area contributed by atoms with Gasteiger partial charge in [-0.3, -0.25) is 0 Å². The van der Waals surface area contributed by atoms with Gasteiger partial charge in [0.25, 0.3) is 0 Å². The SMILES string of the molecule is NC1CC(N)NC(=O)N1. The Balaban J connectivity index is 2.43. The summed E-state index contributed by atoms with van der Waals surface area (Å²) >= 11 is 0. The van der Waals surface area contributed by atoms with Gasteiger partial charge in [0, 0.05) is 6.42 Å². The van der Waals surface area contributed by atoms with Crippen LogP contribution in [0.25, 0.3) is 0 Å². The van der Waals surface area contributed by atoms with Crippen LogP contribution in [0.5, 0.6) is 0 Å². The van der Waals surface area contributed by atoms with E-state index in [2.05, 4.69) is 10.6 Å². The van der Waals surface area contributed by atoms with Crippen LogP contribution in [0.3, 0.4) is 0 Å². The molecule has 2 amide bonds. The van der Waals surface area contributed by atoms with Gasteiger partial charge in [-0.25, -0.2) is 4.79 Å². The first kappa shape index (κ1) is 6.31. The summed E-state index contributed by atoms with van der Waals surface area (Å²) in [4.78, 5) is 10.5. The second kappa shape index (κ2) is 2.20. The number of carbonyl (C=O) groups is 1. The quantitative estimate of drug-likeness (QED) is 0.313. The molecule has 0 aromatic rings. The van der Waals surface area contributed by atoms with Crippen molar-refractivity contribution in [1.82, 2.24) is 10.6 Å². The molecule has 0 spiro atoms. The van der Waals surface area contributed by atoms with E-state index in [-0.39, 0.29) is 18.4 Å². The molecular weight excluding hydrogens is 120 g/mol. The van der Waals surface area contributed by atoms with E-state index >= 15 is 0 Å². The van der Waals surface area contributed by atoms with Crippen molar-refractivity contribution in [3.63, 3.8) is 0 Å². The Morgan fingerprint density at radius 1 is 1.33 bits per heavy atom. The molecule has 1 heterocycles. The summed E-state index contributed by atoms with van der Waals surface area (Å²) in [6.07, 6.45) is -0.0198. The van der Waals surface area contributed by atoms with Crippen LogP contribution < -0.4 is 22.1 Å². The van der Waals surface area contributed by atoms with E-state index in [1.165, 1.54) is 0 Å². The predicted octanol–water partition coefficient (Wildman–Crippen LogP) is -1.74. The van der Waals surface area contributed by atoms with Gasteiger partial charge in [-0.05, 0) is 0 Å². The lowest BCUT2D eigenvalue weighted by Gasteiger charge is -2.25. The predicted molar refractivity (Wildman–Crippen MR) is 32.2 cm³/mol. The van der Waals surface area contributed by atoms with Crippen LogP contribution >= 0.6 is 0 Å². The zero-order valence-corrected chi connectivity index (χ0v) is 4.92. The summed E-state index contributed by atoms with van der Waals surface area (Å²) in [6.45, 7) is 0. The van der Waals surface area contributed by atoms with Gasteiger partial charge in [-0.2, -0.15) is 0 Å². The number of urea groups is 1. The number of rotatable bonds is 0. The number of hydrogen-bond acceptors (Lipinski definition) is 3. The zero-order valence-electron chi connectivity index (χ0n) is 4.92. The Kier molecular flexibility index (Phi) is 1.54. The normalized spacial score (nSPS) is 35.1. The van der Waals surface area contributed by atoms with Crippen LogP contribution in [0, 0.1) is 0 Å². The van der Waals surface area contributed by atoms with E-state index in [1.807, 2.05) is 0 Å². The second-order valence-electron chi connectivity index (χ2n) is 2.07. The summed E-state index contributed by atoms with van der Waals surface area (Å²) in [7, 11) is 0. The Morgan fingerprint density at radius 2 is 1.78 bits per heavy atom. The van der Waals surface area contributed by atoms with Gasteiger partial charge in [-0.15, -0.1) is 0 Å². The highest BCUT2D eigenvalue weighted by molar-refractivity contribution is 5.75. The Bertz CT molecular complexity index is 114. The first-order valence-electron chi connectivity index (χ1n) is 2.76. The molecule has 5 heteroatoms. The Morgan fingerprint density at radius 3 is 2.11 bits per heavy atom. The highest BCUT2D eigenvalue weighted by Crippen LogP contribution is 1.92. The summed E-state index contributed by atoms with van der Waals surface area (Å²) in [5, 5.41) is 4.91. The molecule has 1 aliphatic rings.